The van der Waals surface area contributed by atoms with Crippen molar-refractivity contribution in [1.82, 2.24) is 9.80 Å². The van der Waals surface area contributed by atoms with E-state index in [-0.39, 0.29) is 24.9 Å². The first-order valence-corrected chi connectivity index (χ1v) is 9.15. The van der Waals surface area contributed by atoms with Gasteiger partial charge in [0.2, 0.25) is 5.91 Å². The van der Waals surface area contributed by atoms with Crippen LogP contribution in [0.4, 0.5) is 0 Å². The van der Waals surface area contributed by atoms with Crippen LogP contribution in [-0.4, -0.2) is 59.4 Å². The van der Waals surface area contributed by atoms with E-state index in [9.17, 15) is 14.4 Å². The number of thiophene rings is 1. The van der Waals surface area contributed by atoms with Gasteiger partial charge in [0.25, 0.3) is 5.91 Å². The van der Waals surface area contributed by atoms with Crippen molar-refractivity contribution >= 4 is 29.1 Å². The fourth-order valence-electron chi connectivity index (χ4n) is 3.40. The Bertz CT molecular complexity index is 648. The number of carboxylic acid groups (broad SMARTS) is 1. The lowest BCUT2D eigenvalue weighted by molar-refractivity contribution is -0.145. The van der Waals surface area contributed by atoms with Gasteiger partial charge in [-0.1, -0.05) is 0 Å². The van der Waals surface area contributed by atoms with Crippen LogP contribution >= 0.6 is 11.3 Å². The number of carbonyl (C=O) groups is 3. The van der Waals surface area contributed by atoms with Crippen molar-refractivity contribution in [2.45, 2.75) is 32.1 Å². The van der Waals surface area contributed by atoms with Crippen LogP contribution in [0.3, 0.4) is 0 Å². The highest BCUT2D eigenvalue weighted by Crippen LogP contribution is 2.31. The average molecular weight is 350 g/mol. The molecule has 24 heavy (non-hydrogen) atoms. The Balaban J connectivity index is 1.59. The molecule has 1 N–H and O–H groups in total. The molecule has 7 heteroatoms. The largest absolute Gasteiger partial charge is 0.481 e. The highest BCUT2D eigenvalue weighted by Gasteiger charge is 2.29. The number of rotatable bonds is 4. The molecule has 2 aliphatic rings. The summed E-state index contributed by atoms with van der Waals surface area (Å²) in [5.41, 5.74) is 1.27. The Hall–Kier alpha value is -1.89. The molecule has 1 aromatic heterocycles. The number of piperidine rings is 1. The molecular formula is C17H22N2O4S. The Kier molecular flexibility index (Phi) is 4.89. The van der Waals surface area contributed by atoms with Crippen molar-refractivity contribution in [3.63, 3.8) is 0 Å². The normalized spacial score (nSPS) is 19.9. The summed E-state index contributed by atoms with van der Waals surface area (Å²) in [5, 5.41) is 9.11. The lowest BCUT2D eigenvalue weighted by atomic mass is 9.98. The number of nitrogens with zero attached hydrogens (tertiary/aromatic N) is 2. The van der Waals surface area contributed by atoms with Crippen LogP contribution in [-0.2, 0) is 22.4 Å². The van der Waals surface area contributed by atoms with E-state index in [1.54, 1.807) is 11.9 Å². The molecule has 1 fully saturated rings. The molecule has 1 saturated heterocycles. The summed E-state index contributed by atoms with van der Waals surface area (Å²) in [4.78, 5) is 41.0. The number of aliphatic carboxylic acids is 1. The van der Waals surface area contributed by atoms with Gasteiger partial charge in [-0.25, -0.2) is 0 Å². The third-order valence-corrected chi connectivity index (χ3v) is 6.02. The zero-order valence-electron chi connectivity index (χ0n) is 13.8. The van der Waals surface area contributed by atoms with Crippen LogP contribution in [0.15, 0.2) is 6.07 Å². The molecule has 0 aromatic carbocycles. The zero-order chi connectivity index (χ0) is 17.3. The monoisotopic (exact) mass is 350 g/mol. The standard InChI is InChI=1S/C17H22N2O4S/c1-18(16(21)14-8-11-4-2-6-13(11)24-14)10-15(20)19-7-3-5-12(9-19)17(22)23/h8,12H,2-7,9-10H2,1H3,(H,22,23). The minimum Gasteiger partial charge on any atom is -0.481 e. The molecule has 130 valence electrons. The highest BCUT2D eigenvalue weighted by molar-refractivity contribution is 7.14. The van der Waals surface area contributed by atoms with E-state index in [1.807, 2.05) is 6.07 Å². The summed E-state index contributed by atoms with van der Waals surface area (Å²) in [6.07, 6.45) is 4.53. The van der Waals surface area contributed by atoms with Crippen molar-refractivity contribution in [3.8, 4) is 0 Å². The van der Waals surface area contributed by atoms with Crippen LogP contribution in [0, 0.1) is 5.92 Å². The summed E-state index contributed by atoms with van der Waals surface area (Å²) in [6.45, 7) is 0.801. The maximum absolute atomic E-state index is 12.5. The minimum absolute atomic E-state index is 0.00621. The molecule has 0 bridgehead atoms. The first-order chi connectivity index (χ1) is 11.5. The number of hydrogen-bond acceptors (Lipinski definition) is 4. The Morgan fingerprint density at radius 3 is 2.83 bits per heavy atom. The van der Waals surface area contributed by atoms with Crippen molar-refractivity contribution in [2.75, 3.05) is 26.7 Å². The quantitative estimate of drug-likeness (QED) is 0.895. The van der Waals surface area contributed by atoms with E-state index in [0.717, 1.165) is 19.3 Å². The van der Waals surface area contributed by atoms with Gasteiger partial charge in [0, 0.05) is 25.0 Å². The Morgan fingerprint density at radius 1 is 1.33 bits per heavy atom. The SMILES string of the molecule is CN(CC(=O)N1CCCC(C(=O)O)C1)C(=O)c1cc2c(s1)CCC2. The molecule has 0 spiro atoms. The van der Waals surface area contributed by atoms with Crippen molar-refractivity contribution in [3.05, 3.63) is 21.4 Å². The molecule has 2 heterocycles. The number of fused-ring (bicyclic) bond motifs is 1. The summed E-state index contributed by atoms with van der Waals surface area (Å²) in [6, 6.07) is 1.96. The maximum atomic E-state index is 12.5. The number of carbonyl (C=O) groups excluding carboxylic acids is 2. The average Bonchev–Trinajstić information content (AvgIpc) is 3.15. The lowest BCUT2D eigenvalue weighted by Crippen LogP contribution is -2.46. The summed E-state index contributed by atoms with van der Waals surface area (Å²) in [7, 11) is 1.63. The van der Waals surface area contributed by atoms with E-state index >= 15 is 0 Å². The first-order valence-electron chi connectivity index (χ1n) is 8.33. The second-order valence-electron chi connectivity index (χ2n) is 6.59. The van der Waals surface area contributed by atoms with Gasteiger partial charge in [-0.2, -0.15) is 0 Å². The van der Waals surface area contributed by atoms with E-state index in [4.69, 9.17) is 5.11 Å². The molecule has 1 aliphatic heterocycles. The smallest absolute Gasteiger partial charge is 0.308 e. The fourth-order valence-corrected chi connectivity index (χ4v) is 4.65. The van der Waals surface area contributed by atoms with Gasteiger partial charge in [-0.15, -0.1) is 11.3 Å². The summed E-state index contributed by atoms with van der Waals surface area (Å²) < 4.78 is 0. The molecule has 0 radical (unpaired) electrons. The number of likely N-dealkylation sites (tertiary alicyclic amines) is 1. The predicted octanol–water partition coefficient (Wildman–Crippen LogP) is 1.63. The molecule has 6 nitrogen and oxygen atoms in total. The second kappa shape index (κ2) is 6.93. The minimum atomic E-state index is -0.856. The molecule has 3 rings (SSSR count). The van der Waals surface area contributed by atoms with Crippen LogP contribution in [0.25, 0.3) is 0 Å². The van der Waals surface area contributed by atoms with Crippen molar-refractivity contribution in [2.24, 2.45) is 5.92 Å². The van der Waals surface area contributed by atoms with Gasteiger partial charge in [0.05, 0.1) is 17.3 Å². The Morgan fingerprint density at radius 2 is 2.12 bits per heavy atom. The van der Waals surface area contributed by atoms with Crippen LogP contribution in [0.1, 0.15) is 39.4 Å². The molecule has 1 atom stereocenters. The number of carboxylic acids is 1. The highest BCUT2D eigenvalue weighted by atomic mass is 32.1. The fraction of sp³-hybridized carbons (Fsp3) is 0.588. The van der Waals surface area contributed by atoms with Gasteiger partial charge in [0.15, 0.2) is 0 Å². The van der Waals surface area contributed by atoms with E-state index in [2.05, 4.69) is 0 Å². The van der Waals surface area contributed by atoms with Gasteiger partial charge in [-0.05, 0) is 43.7 Å². The van der Waals surface area contributed by atoms with Crippen LogP contribution in [0.2, 0.25) is 0 Å². The predicted molar refractivity (Wildman–Crippen MR) is 90.2 cm³/mol. The second-order valence-corrected chi connectivity index (χ2v) is 7.73. The zero-order valence-corrected chi connectivity index (χ0v) is 14.6. The number of amides is 2. The number of likely N-dealkylation sites (N-methyl/N-ethyl adjacent to an activating group) is 1. The van der Waals surface area contributed by atoms with E-state index < -0.39 is 11.9 Å². The maximum Gasteiger partial charge on any atom is 0.308 e. The Labute approximate surface area is 145 Å². The molecule has 1 unspecified atom stereocenters. The lowest BCUT2D eigenvalue weighted by Gasteiger charge is -2.32. The third kappa shape index (κ3) is 3.45. The van der Waals surface area contributed by atoms with Crippen molar-refractivity contribution < 1.29 is 19.5 Å². The van der Waals surface area contributed by atoms with Gasteiger partial charge in [0.1, 0.15) is 0 Å². The van der Waals surface area contributed by atoms with Crippen molar-refractivity contribution in [1.29, 1.82) is 0 Å². The first kappa shape index (κ1) is 17.0. The molecule has 2 amide bonds. The van der Waals surface area contributed by atoms with E-state index in [0.29, 0.717) is 24.3 Å². The van der Waals surface area contributed by atoms with Crippen LogP contribution < -0.4 is 0 Å². The topological polar surface area (TPSA) is 77.9 Å². The van der Waals surface area contributed by atoms with E-state index in [1.165, 1.54) is 26.7 Å². The third-order valence-electron chi connectivity index (χ3n) is 4.80. The van der Waals surface area contributed by atoms with Gasteiger partial charge >= 0.3 is 5.97 Å². The number of aryl methyl sites for hydroxylation is 2. The molecule has 1 aliphatic carbocycles. The van der Waals surface area contributed by atoms with Gasteiger partial charge in [-0.3, -0.25) is 14.4 Å². The molecular weight excluding hydrogens is 328 g/mol. The molecule has 1 aromatic rings. The van der Waals surface area contributed by atoms with Crippen LogP contribution in [0.5, 0.6) is 0 Å². The number of hydrogen-bond donors (Lipinski definition) is 1. The summed E-state index contributed by atoms with van der Waals surface area (Å²) >= 11 is 1.53. The summed E-state index contributed by atoms with van der Waals surface area (Å²) in [5.74, 6) is -1.66. The molecule has 0 saturated carbocycles. The van der Waals surface area contributed by atoms with Gasteiger partial charge < -0.3 is 14.9 Å².